The molecule has 7 heteroatoms. The van der Waals surface area contributed by atoms with Crippen molar-refractivity contribution >= 4 is 17.4 Å². The summed E-state index contributed by atoms with van der Waals surface area (Å²) in [6.45, 7) is 3.57. The Morgan fingerprint density at radius 1 is 1.09 bits per heavy atom. The summed E-state index contributed by atoms with van der Waals surface area (Å²) in [6, 6.07) is 13.5. The number of ketones is 1. The fourth-order valence-corrected chi connectivity index (χ4v) is 3.82. The van der Waals surface area contributed by atoms with Crippen LogP contribution < -0.4 is 9.47 Å². The van der Waals surface area contributed by atoms with Gasteiger partial charge in [-0.25, -0.2) is 0 Å². The van der Waals surface area contributed by atoms with Gasteiger partial charge in [0.05, 0.1) is 25.3 Å². The Morgan fingerprint density at radius 3 is 2.45 bits per heavy atom. The molecule has 0 bridgehead atoms. The van der Waals surface area contributed by atoms with E-state index in [1.807, 2.05) is 31.1 Å². The van der Waals surface area contributed by atoms with Crippen LogP contribution in [-0.2, 0) is 9.59 Å². The van der Waals surface area contributed by atoms with Gasteiger partial charge >= 0.3 is 0 Å². The molecule has 0 spiro atoms. The number of likely N-dealkylation sites (tertiary alicyclic amines) is 1. The summed E-state index contributed by atoms with van der Waals surface area (Å²) in [5, 5.41) is 11.1. The maximum Gasteiger partial charge on any atom is 0.295 e. The van der Waals surface area contributed by atoms with E-state index in [0.717, 1.165) is 12.8 Å². The van der Waals surface area contributed by atoms with Crippen LogP contribution in [0.5, 0.6) is 11.5 Å². The number of nitrogens with zero attached hydrogens (tertiary/aromatic N) is 2. The first-order valence-electron chi connectivity index (χ1n) is 11.2. The van der Waals surface area contributed by atoms with Gasteiger partial charge in [-0.1, -0.05) is 49.7 Å². The van der Waals surface area contributed by atoms with Crippen LogP contribution in [0.4, 0.5) is 0 Å². The molecule has 176 valence electrons. The molecule has 1 N–H and O–H groups in total. The minimum absolute atomic E-state index is 0.0756. The quantitative estimate of drug-likeness (QED) is 0.255. The molecule has 1 atom stereocenters. The van der Waals surface area contributed by atoms with Crippen LogP contribution in [0.1, 0.15) is 36.9 Å². The molecular formula is C26H32N2O5. The highest BCUT2D eigenvalue weighted by Crippen LogP contribution is 2.41. The van der Waals surface area contributed by atoms with E-state index in [9.17, 15) is 14.7 Å². The zero-order valence-corrected chi connectivity index (χ0v) is 19.7. The Balaban J connectivity index is 2.09. The lowest BCUT2D eigenvalue weighted by Crippen LogP contribution is -2.35. The van der Waals surface area contributed by atoms with Gasteiger partial charge in [0, 0.05) is 18.7 Å². The summed E-state index contributed by atoms with van der Waals surface area (Å²) in [7, 11) is 5.36. The van der Waals surface area contributed by atoms with E-state index in [1.54, 1.807) is 43.5 Å². The van der Waals surface area contributed by atoms with Crippen molar-refractivity contribution in [2.24, 2.45) is 0 Å². The lowest BCUT2D eigenvalue weighted by atomic mass is 9.95. The van der Waals surface area contributed by atoms with Crippen molar-refractivity contribution in [2.75, 3.05) is 40.9 Å². The standard InChI is InChI=1S/C26H32N2O5/c1-5-6-16-33-20-13-12-19(17-21(20)32-4)23-22(24(29)18-10-8-7-9-11-18)25(30)26(31)28(23)15-14-27(2)3/h7-13,17,23,29H,5-6,14-16H2,1-4H3/b24-22+. The lowest BCUT2D eigenvalue weighted by molar-refractivity contribution is -0.140. The first-order chi connectivity index (χ1) is 15.9. The van der Waals surface area contributed by atoms with Crippen LogP contribution in [-0.4, -0.2) is 67.5 Å². The number of rotatable bonds is 10. The van der Waals surface area contributed by atoms with Crippen molar-refractivity contribution in [1.29, 1.82) is 0 Å². The van der Waals surface area contributed by atoms with E-state index in [0.29, 0.717) is 42.3 Å². The third kappa shape index (κ3) is 5.37. The molecule has 1 saturated heterocycles. The molecular weight excluding hydrogens is 420 g/mol. The highest BCUT2D eigenvalue weighted by atomic mass is 16.5. The van der Waals surface area contributed by atoms with Crippen molar-refractivity contribution in [3.63, 3.8) is 0 Å². The van der Waals surface area contributed by atoms with E-state index in [4.69, 9.17) is 9.47 Å². The molecule has 3 rings (SSSR count). The van der Waals surface area contributed by atoms with Crippen LogP contribution >= 0.6 is 0 Å². The van der Waals surface area contributed by atoms with Crippen LogP contribution in [0.3, 0.4) is 0 Å². The number of aliphatic hydroxyl groups excluding tert-OH is 1. The van der Waals surface area contributed by atoms with E-state index >= 15 is 0 Å². The first kappa shape index (κ1) is 24.3. The second-order valence-corrected chi connectivity index (χ2v) is 8.27. The largest absolute Gasteiger partial charge is 0.507 e. The van der Waals surface area contributed by atoms with Gasteiger partial charge in [0.15, 0.2) is 11.5 Å². The van der Waals surface area contributed by atoms with Crippen LogP contribution in [0.25, 0.3) is 5.76 Å². The number of ether oxygens (including phenoxy) is 2. The number of unbranched alkanes of at least 4 members (excludes halogenated alkanes) is 1. The fraction of sp³-hybridized carbons (Fsp3) is 0.385. The summed E-state index contributed by atoms with van der Waals surface area (Å²) in [4.78, 5) is 29.5. The van der Waals surface area contributed by atoms with E-state index < -0.39 is 17.7 Å². The van der Waals surface area contributed by atoms with Gasteiger partial charge in [0.1, 0.15) is 5.76 Å². The van der Waals surface area contributed by atoms with Crippen molar-refractivity contribution in [1.82, 2.24) is 9.80 Å². The zero-order chi connectivity index (χ0) is 24.0. The van der Waals surface area contributed by atoms with Crippen molar-refractivity contribution in [2.45, 2.75) is 25.8 Å². The summed E-state index contributed by atoms with van der Waals surface area (Å²) >= 11 is 0. The second-order valence-electron chi connectivity index (χ2n) is 8.27. The zero-order valence-electron chi connectivity index (χ0n) is 19.7. The highest BCUT2D eigenvalue weighted by Gasteiger charge is 2.46. The lowest BCUT2D eigenvalue weighted by Gasteiger charge is -2.27. The fourth-order valence-electron chi connectivity index (χ4n) is 3.82. The number of likely N-dealkylation sites (N-methyl/N-ethyl adjacent to an activating group) is 1. The number of Topliss-reactive ketones (excluding diaryl/α,β-unsaturated/α-hetero) is 1. The number of aliphatic hydroxyl groups is 1. The molecule has 2 aromatic carbocycles. The average Bonchev–Trinajstić information content (AvgIpc) is 3.08. The Hall–Kier alpha value is -3.32. The Morgan fingerprint density at radius 2 is 1.82 bits per heavy atom. The summed E-state index contributed by atoms with van der Waals surface area (Å²) in [6.07, 6.45) is 1.94. The van der Waals surface area contributed by atoms with Crippen LogP contribution in [0, 0.1) is 0 Å². The SMILES string of the molecule is CCCCOc1ccc(C2/C(=C(\O)c3ccccc3)C(=O)C(=O)N2CCN(C)C)cc1OC. The second kappa shape index (κ2) is 11.0. The van der Waals surface area contributed by atoms with Gasteiger partial charge in [-0.2, -0.15) is 0 Å². The summed E-state index contributed by atoms with van der Waals surface area (Å²) < 4.78 is 11.4. The molecule has 1 aliphatic heterocycles. The van der Waals surface area contributed by atoms with Gasteiger partial charge in [0.25, 0.3) is 11.7 Å². The topological polar surface area (TPSA) is 79.3 Å². The molecule has 1 heterocycles. The molecule has 2 aromatic rings. The highest BCUT2D eigenvalue weighted by molar-refractivity contribution is 6.46. The van der Waals surface area contributed by atoms with Gasteiger partial charge in [-0.15, -0.1) is 0 Å². The van der Waals surface area contributed by atoms with Crippen LogP contribution in [0.15, 0.2) is 54.1 Å². The average molecular weight is 453 g/mol. The van der Waals surface area contributed by atoms with E-state index in [2.05, 4.69) is 6.92 Å². The number of hydrogen-bond donors (Lipinski definition) is 1. The summed E-state index contributed by atoms with van der Waals surface area (Å²) in [5.41, 5.74) is 1.23. The van der Waals surface area contributed by atoms with E-state index in [-0.39, 0.29) is 11.3 Å². The molecule has 33 heavy (non-hydrogen) atoms. The Labute approximate surface area is 195 Å². The van der Waals surface area contributed by atoms with Crippen molar-refractivity contribution < 1.29 is 24.2 Å². The van der Waals surface area contributed by atoms with E-state index in [1.165, 1.54) is 4.90 Å². The first-order valence-corrected chi connectivity index (χ1v) is 11.2. The number of benzene rings is 2. The monoisotopic (exact) mass is 452 g/mol. The predicted octanol–water partition coefficient (Wildman–Crippen LogP) is 3.86. The molecule has 7 nitrogen and oxygen atoms in total. The number of carbonyl (C=O) groups is 2. The maximum absolute atomic E-state index is 13.1. The van der Waals surface area contributed by atoms with Crippen molar-refractivity contribution in [3.8, 4) is 11.5 Å². The Kier molecular flexibility index (Phi) is 8.11. The molecule has 1 unspecified atom stereocenters. The molecule has 1 amide bonds. The predicted molar refractivity (Wildman–Crippen MR) is 127 cm³/mol. The normalized spacial score (nSPS) is 17.6. The maximum atomic E-state index is 13.1. The smallest absolute Gasteiger partial charge is 0.295 e. The van der Waals surface area contributed by atoms with Crippen molar-refractivity contribution in [3.05, 3.63) is 65.2 Å². The molecule has 1 aliphatic rings. The summed E-state index contributed by atoms with van der Waals surface area (Å²) in [5.74, 6) is -0.387. The Bertz CT molecular complexity index is 1020. The van der Waals surface area contributed by atoms with Gasteiger partial charge in [-0.3, -0.25) is 9.59 Å². The number of carbonyl (C=O) groups excluding carboxylic acids is 2. The number of methoxy groups -OCH3 is 1. The minimum Gasteiger partial charge on any atom is -0.507 e. The van der Waals surface area contributed by atoms with Crippen LogP contribution in [0.2, 0.25) is 0 Å². The number of hydrogen-bond acceptors (Lipinski definition) is 6. The third-order valence-corrected chi connectivity index (χ3v) is 5.63. The minimum atomic E-state index is -0.733. The van der Waals surface area contributed by atoms with Gasteiger partial charge in [0.2, 0.25) is 0 Å². The molecule has 0 radical (unpaired) electrons. The van der Waals surface area contributed by atoms with Gasteiger partial charge < -0.3 is 24.4 Å². The molecule has 0 aromatic heterocycles. The number of amides is 1. The third-order valence-electron chi connectivity index (χ3n) is 5.63. The molecule has 0 aliphatic carbocycles. The molecule has 1 fully saturated rings. The molecule has 0 saturated carbocycles. The van der Waals surface area contributed by atoms with Gasteiger partial charge in [-0.05, 0) is 38.2 Å².